The van der Waals surface area contributed by atoms with E-state index in [1.165, 1.54) is 12.3 Å². The van der Waals surface area contributed by atoms with Crippen LogP contribution in [0, 0.1) is 6.92 Å². The van der Waals surface area contributed by atoms with Crippen molar-refractivity contribution in [1.29, 1.82) is 0 Å². The van der Waals surface area contributed by atoms with E-state index in [9.17, 15) is 22.8 Å². The molecular weight excluding hydrogens is 273 g/mol. The first-order valence-electron chi connectivity index (χ1n) is 4.70. The molecule has 9 heteroatoms. The van der Waals surface area contributed by atoms with Gasteiger partial charge in [0.2, 0.25) is 0 Å². The number of nitrogens with zero attached hydrogens (tertiary/aromatic N) is 2. The quantitative estimate of drug-likeness (QED) is 0.918. The number of hydrogen-bond donors (Lipinski definition) is 1. The normalized spacial score (nSPS) is 13.2. The smallest absolute Gasteiger partial charge is 0.471 e. The van der Waals surface area contributed by atoms with Crippen molar-refractivity contribution in [2.75, 3.05) is 4.90 Å². The van der Waals surface area contributed by atoms with Gasteiger partial charge in [0.1, 0.15) is 6.04 Å². The fourth-order valence-electron chi connectivity index (χ4n) is 1.13. The third-order valence-corrected chi connectivity index (χ3v) is 2.98. The van der Waals surface area contributed by atoms with Crippen molar-refractivity contribution >= 4 is 28.3 Å². The summed E-state index contributed by atoms with van der Waals surface area (Å²) in [6, 6.07) is -1.65. The summed E-state index contributed by atoms with van der Waals surface area (Å²) in [6.07, 6.45) is -5.15. The molecule has 0 aliphatic carbocycles. The van der Waals surface area contributed by atoms with E-state index < -0.39 is 24.1 Å². The van der Waals surface area contributed by atoms with E-state index in [1.807, 2.05) is 0 Å². The molecule has 0 bridgehead atoms. The molecule has 0 aromatic carbocycles. The van der Waals surface area contributed by atoms with Crippen molar-refractivity contribution < 1.29 is 27.9 Å². The molecular formula is C9H9F3N2O3S. The number of aryl methyl sites for hydroxylation is 1. The van der Waals surface area contributed by atoms with Crippen LogP contribution in [0.4, 0.5) is 18.3 Å². The fraction of sp³-hybridized carbons (Fsp3) is 0.444. The van der Waals surface area contributed by atoms with Gasteiger partial charge in [-0.3, -0.25) is 9.69 Å². The van der Waals surface area contributed by atoms with Crippen LogP contribution in [0.5, 0.6) is 0 Å². The van der Waals surface area contributed by atoms with Crippen LogP contribution in [0.25, 0.3) is 0 Å². The van der Waals surface area contributed by atoms with Crippen molar-refractivity contribution in [2.45, 2.75) is 26.1 Å². The Balaban J connectivity index is 3.19. The molecule has 1 atom stereocenters. The van der Waals surface area contributed by atoms with E-state index in [0.717, 1.165) is 18.3 Å². The number of carboxylic acids is 1. The lowest BCUT2D eigenvalue weighted by atomic mass is 10.3. The zero-order valence-corrected chi connectivity index (χ0v) is 10.2. The van der Waals surface area contributed by atoms with E-state index >= 15 is 0 Å². The number of carbonyl (C=O) groups is 2. The maximum atomic E-state index is 12.4. The molecule has 1 amide bonds. The highest BCUT2D eigenvalue weighted by Crippen LogP contribution is 2.28. The van der Waals surface area contributed by atoms with Crippen LogP contribution in [0.3, 0.4) is 0 Å². The molecule has 1 unspecified atom stereocenters. The lowest BCUT2D eigenvalue weighted by Crippen LogP contribution is -2.49. The van der Waals surface area contributed by atoms with E-state index in [-0.39, 0.29) is 10.0 Å². The zero-order valence-electron chi connectivity index (χ0n) is 9.35. The molecule has 1 aromatic rings. The van der Waals surface area contributed by atoms with Crippen molar-refractivity contribution in [2.24, 2.45) is 0 Å². The molecule has 100 valence electrons. The van der Waals surface area contributed by atoms with E-state index in [4.69, 9.17) is 5.11 Å². The molecule has 1 rings (SSSR count). The minimum atomic E-state index is -5.15. The zero-order chi connectivity index (χ0) is 14.1. The van der Waals surface area contributed by atoms with Crippen LogP contribution in [0.2, 0.25) is 0 Å². The predicted molar refractivity (Wildman–Crippen MR) is 57.5 cm³/mol. The molecule has 0 spiro atoms. The minimum absolute atomic E-state index is 0.139. The summed E-state index contributed by atoms with van der Waals surface area (Å²) >= 11 is 0.778. The number of anilines is 1. The topological polar surface area (TPSA) is 70.5 Å². The molecule has 1 N–H and O–H groups in total. The summed E-state index contributed by atoms with van der Waals surface area (Å²) in [5.41, 5.74) is 0.410. The van der Waals surface area contributed by atoms with Crippen molar-refractivity contribution in [1.82, 2.24) is 4.98 Å². The average molecular weight is 282 g/mol. The third kappa shape index (κ3) is 2.97. The first-order valence-corrected chi connectivity index (χ1v) is 5.58. The van der Waals surface area contributed by atoms with E-state index in [1.54, 1.807) is 0 Å². The molecule has 5 nitrogen and oxygen atoms in total. The Morgan fingerprint density at radius 1 is 1.50 bits per heavy atom. The second-order valence-corrected chi connectivity index (χ2v) is 4.30. The van der Waals surface area contributed by atoms with Gasteiger partial charge in [-0.2, -0.15) is 13.2 Å². The Bertz CT molecular complexity index is 472. The van der Waals surface area contributed by atoms with Gasteiger partial charge in [-0.15, -0.1) is 11.3 Å². The number of thiazole rings is 1. The van der Waals surface area contributed by atoms with Gasteiger partial charge < -0.3 is 5.11 Å². The molecule has 0 aliphatic rings. The monoisotopic (exact) mass is 282 g/mol. The van der Waals surface area contributed by atoms with Gasteiger partial charge in [-0.1, -0.05) is 0 Å². The molecule has 0 radical (unpaired) electrons. The number of aromatic nitrogens is 1. The standard InChI is InChI=1S/C9H9F3N2O3S/c1-4-3-18-8(13-4)14(5(2)6(15)16)7(17)9(10,11)12/h3,5H,1-2H3,(H,15,16). The highest BCUT2D eigenvalue weighted by molar-refractivity contribution is 7.14. The first kappa shape index (κ1) is 14.4. The Morgan fingerprint density at radius 2 is 2.06 bits per heavy atom. The van der Waals surface area contributed by atoms with Gasteiger partial charge in [0, 0.05) is 5.38 Å². The van der Waals surface area contributed by atoms with Crippen LogP contribution in [0.1, 0.15) is 12.6 Å². The SMILES string of the molecule is Cc1csc(N(C(=O)C(F)(F)F)C(C)C(=O)O)n1. The number of rotatable bonds is 3. The van der Waals surface area contributed by atoms with Crippen LogP contribution in [-0.4, -0.2) is 34.2 Å². The van der Waals surface area contributed by atoms with Crippen molar-refractivity contribution in [3.63, 3.8) is 0 Å². The summed E-state index contributed by atoms with van der Waals surface area (Å²) in [5.74, 6) is -3.78. The lowest BCUT2D eigenvalue weighted by molar-refractivity contribution is -0.171. The summed E-state index contributed by atoms with van der Waals surface area (Å²) in [4.78, 5) is 25.8. The largest absolute Gasteiger partial charge is 0.480 e. The van der Waals surface area contributed by atoms with Crippen molar-refractivity contribution in [3.05, 3.63) is 11.1 Å². The maximum absolute atomic E-state index is 12.4. The van der Waals surface area contributed by atoms with Crippen LogP contribution in [0.15, 0.2) is 5.38 Å². The molecule has 0 saturated heterocycles. The third-order valence-electron chi connectivity index (χ3n) is 2.02. The summed E-state index contributed by atoms with van der Waals surface area (Å²) in [5, 5.41) is 9.89. The Morgan fingerprint density at radius 3 is 2.39 bits per heavy atom. The van der Waals surface area contributed by atoms with Gasteiger partial charge in [0.15, 0.2) is 5.13 Å². The number of amides is 1. The van der Waals surface area contributed by atoms with Gasteiger partial charge in [0.05, 0.1) is 5.69 Å². The molecule has 1 heterocycles. The highest BCUT2D eigenvalue weighted by Gasteiger charge is 2.46. The minimum Gasteiger partial charge on any atom is -0.480 e. The van der Waals surface area contributed by atoms with Crippen LogP contribution >= 0.6 is 11.3 Å². The predicted octanol–water partition coefficient (Wildman–Crippen LogP) is 1.82. The number of aliphatic carboxylic acids is 1. The maximum Gasteiger partial charge on any atom is 0.471 e. The average Bonchev–Trinajstić information content (AvgIpc) is 2.63. The van der Waals surface area contributed by atoms with Gasteiger partial charge in [-0.05, 0) is 13.8 Å². The fourth-order valence-corrected chi connectivity index (χ4v) is 2.01. The summed E-state index contributed by atoms with van der Waals surface area (Å²) in [6.45, 7) is 2.52. The molecule has 0 saturated carbocycles. The lowest BCUT2D eigenvalue weighted by Gasteiger charge is -2.24. The summed E-state index contributed by atoms with van der Waals surface area (Å²) in [7, 11) is 0. The van der Waals surface area contributed by atoms with Crippen LogP contribution in [-0.2, 0) is 9.59 Å². The number of halogens is 3. The van der Waals surface area contributed by atoms with Crippen LogP contribution < -0.4 is 4.90 Å². The first-order chi connectivity index (χ1) is 8.14. The number of alkyl halides is 3. The number of hydrogen-bond acceptors (Lipinski definition) is 4. The van der Waals surface area contributed by atoms with Crippen molar-refractivity contribution in [3.8, 4) is 0 Å². The summed E-state index contributed by atoms with van der Waals surface area (Å²) < 4.78 is 37.2. The van der Waals surface area contributed by atoms with E-state index in [0.29, 0.717) is 5.69 Å². The number of carbonyl (C=O) groups excluding carboxylic acids is 1. The van der Waals surface area contributed by atoms with Gasteiger partial charge in [-0.25, -0.2) is 9.78 Å². The van der Waals surface area contributed by atoms with E-state index in [2.05, 4.69) is 4.98 Å². The Hall–Kier alpha value is -1.64. The second-order valence-electron chi connectivity index (χ2n) is 3.46. The highest BCUT2D eigenvalue weighted by atomic mass is 32.1. The molecule has 1 aromatic heterocycles. The second kappa shape index (κ2) is 4.92. The van der Waals surface area contributed by atoms with Gasteiger partial charge >= 0.3 is 18.1 Å². The Kier molecular flexibility index (Phi) is 3.95. The molecule has 18 heavy (non-hydrogen) atoms. The molecule has 0 fully saturated rings. The Labute approximate surface area is 104 Å². The molecule has 0 aliphatic heterocycles. The number of carboxylic acid groups (broad SMARTS) is 1. The van der Waals surface area contributed by atoms with Gasteiger partial charge in [0.25, 0.3) is 0 Å².